The second-order valence-corrected chi connectivity index (χ2v) is 15.0. The van der Waals surface area contributed by atoms with Crippen molar-refractivity contribution in [3.05, 3.63) is 106 Å². The number of anilines is 7. The molecule has 55 heavy (non-hydrogen) atoms. The Labute approximate surface area is 385 Å². The summed E-state index contributed by atoms with van der Waals surface area (Å²) in [5.74, 6) is -1.75. The molecule has 270 valence electrons. The van der Waals surface area contributed by atoms with Crippen molar-refractivity contribution in [1.29, 1.82) is 0 Å². The van der Waals surface area contributed by atoms with Gasteiger partial charge in [-0.2, -0.15) is 15.0 Å². The number of fused-ring (bicyclic) bond motifs is 2. The predicted octanol–water partition coefficient (Wildman–Crippen LogP) is -5.90. The number of hydrogen-bond donors (Lipinski definition) is 4. The van der Waals surface area contributed by atoms with Crippen LogP contribution < -0.4 is 110 Å². The third kappa shape index (κ3) is 12.2. The quantitative estimate of drug-likeness (QED) is 0.0629. The second-order valence-electron chi connectivity index (χ2n) is 10.6. The number of nitrogens with one attached hydrogen (secondary N) is 3. The molecule has 4 aromatic carbocycles. The summed E-state index contributed by atoms with van der Waals surface area (Å²) in [5, 5.41) is 7.93. The van der Waals surface area contributed by atoms with Gasteiger partial charge in [0.1, 0.15) is 20.2 Å². The molecule has 1 aliphatic rings. The van der Waals surface area contributed by atoms with E-state index in [-0.39, 0.29) is 140 Å². The molecule has 0 saturated carbocycles. The number of carbonyl (C=O) groups is 2. The molecule has 25 heteroatoms. The number of rotatable bonds is 8. The first-order valence-corrected chi connectivity index (χ1v) is 19.1. The van der Waals surface area contributed by atoms with Crippen molar-refractivity contribution in [3.8, 4) is 0 Å². The van der Waals surface area contributed by atoms with Gasteiger partial charge >= 0.3 is 88.7 Å². The van der Waals surface area contributed by atoms with E-state index in [2.05, 4.69) is 30.9 Å². The molecule has 0 fully saturated rings. The molecule has 1 heterocycles. The molecule has 1 aromatic heterocycles. The van der Waals surface area contributed by atoms with Gasteiger partial charge in [-0.3, -0.25) is 9.59 Å². The number of ketones is 2. The summed E-state index contributed by atoms with van der Waals surface area (Å²) in [4.78, 5) is 37.2. The van der Waals surface area contributed by atoms with Crippen molar-refractivity contribution in [3.63, 3.8) is 0 Å². The van der Waals surface area contributed by atoms with E-state index < -0.39 is 63.0 Å². The zero-order valence-electron chi connectivity index (χ0n) is 29.0. The van der Waals surface area contributed by atoms with Gasteiger partial charge in [-0.05, 0) is 48.0 Å². The van der Waals surface area contributed by atoms with Gasteiger partial charge in [-0.1, -0.05) is 42.5 Å². The molecule has 0 amide bonds. The molecule has 0 unspecified atom stereocenters. The normalized spacial score (nSPS) is 11.9. The second kappa shape index (κ2) is 19.3. The van der Waals surface area contributed by atoms with E-state index in [4.69, 9.17) is 30.3 Å². The average Bonchev–Trinajstić information content (AvgIpc) is 3.03. The fourth-order valence-corrected chi connectivity index (χ4v) is 6.35. The molecular weight excluding hydrogens is 835 g/mol. The van der Waals surface area contributed by atoms with Crippen LogP contribution in [-0.4, -0.2) is 71.7 Å². The Morgan fingerprint density at radius 1 is 0.600 bits per heavy atom. The summed E-state index contributed by atoms with van der Waals surface area (Å²) in [7, 11) is -14.4. The molecule has 0 bridgehead atoms. The van der Waals surface area contributed by atoms with Crippen LogP contribution in [0.25, 0.3) is 0 Å². The number of benzene rings is 4. The molecule has 5 aromatic rings. The maximum absolute atomic E-state index is 13.6. The van der Waals surface area contributed by atoms with Gasteiger partial charge in [-0.15, -0.1) is 0 Å². The van der Waals surface area contributed by atoms with Crippen LogP contribution in [0.3, 0.4) is 0 Å². The number of halogens is 1. The maximum Gasteiger partial charge on any atom is 1.00 e. The zero-order chi connectivity index (χ0) is 38.2. The maximum atomic E-state index is 13.6. The van der Waals surface area contributed by atoms with E-state index in [0.717, 1.165) is 18.2 Å². The van der Waals surface area contributed by atoms with Crippen molar-refractivity contribution in [2.75, 3.05) is 27.9 Å². The first-order valence-electron chi connectivity index (χ1n) is 14.1. The van der Waals surface area contributed by atoms with Crippen LogP contribution in [0.2, 0.25) is 5.28 Å². The molecular formula is C30H21ClN7Na3O11S3. The predicted molar refractivity (Wildman–Crippen MR) is 183 cm³/mol. The van der Waals surface area contributed by atoms with Crippen LogP contribution in [-0.2, 0) is 30.4 Å². The molecule has 18 nitrogen and oxygen atoms in total. The fraction of sp³-hybridized carbons (Fsp3) is 0.0333. The number of nitrogens with zero attached hydrogens (tertiary/aromatic N) is 3. The van der Waals surface area contributed by atoms with Gasteiger partial charge in [0.05, 0.1) is 48.1 Å². The van der Waals surface area contributed by atoms with Crippen molar-refractivity contribution >= 4 is 93.9 Å². The summed E-state index contributed by atoms with van der Waals surface area (Å²) >= 11 is 6.04. The summed E-state index contributed by atoms with van der Waals surface area (Å²) < 4.78 is 101. The van der Waals surface area contributed by atoms with E-state index in [1.165, 1.54) is 30.3 Å². The minimum Gasteiger partial charge on any atom is -0.748 e. The summed E-state index contributed by atoms with van der Waals surface area (Å²) in [6, 6.07) is 18.6. The molecule has 0 saturated heterocycles. The largest absolute Gasteiger partial charge is 1.00 e. The van der Waals surface area contributed by atoms with E-state index >= 15 is 0 Å². The van der Waals surface area contributed by atoms with Gasteiger partial charge < -0.3 is 35.3 Å². The van der Waals surface area contributed by atoms with Gasteiger partial charge in [-0.25, -0.2) is 25.3 Å². The molecule has 0 radical (unpaired) electrons. The van der Waals surface area contributed by atoms with Crippen molar-refractivity contribution < 1.29 is 137 Å². The minimum atomic E-state index is -5.27. The van der Waals surface area contributed by atoms with Gasteiger partial charge in [0, 0.05) is 28.8 Å². The zero-order valence-corrected chi connectivity index (χ0v) is 38.2. The van der Waals surface area contributed by atoms with Crippen molar-refractivity contribution in [2.45, 2.75) is 9.79 Å². The molecule has 6 rings (SSSR count). The fourth-order valence-electron chi connectivity index (χ4n) is 4.90. The van der Waals surface area contributed by atoms with Crippen LogP contribution in [0.1, 0.15) is 31.8 Å². The first kappa shape index (κ1) is 48.6. The SMILES string of the molecule is CS(=O)(=O)[O-].Nc1c(S(=O)(=O)[O-])cc(Nc2ccc(Nc3nc(Cl)nc(Nc4ccccc4)n3)c(S(=O)(=O)[O-])c2)c2c1C(=O)c1ccccc1C2=O.[Na+].[Na+].[Na+]. The summed E-state index contributed by atoms with van der Waals surface area (Å²) in [6.07, 6.45) is 0.604. The molecule has 5 N–H and O–H groups in total. The summed E-state index contributed by atoms with van der Waals surface area (Å²) in [5.41, 5.74) is 4.14. The minimum absolute atomic E-state index is 0. The molecule has 0 aliphatic heterocycles. The topological polar surface area (TPSA) is 307 Å². The number of nitrogens with two attached hydrogens (primary N) is 1. The van der Waals surface area contributed by atoms with Gasteiger partial charge in [0.25, 0.3) is 0 Å². The van der Waals surface area contributed by atoms with E-state index in [1.54, 1.807) is 30.3 Å². The van der Waals surface area contributed by atoms with Crippen LogP contribution in [0, 0.1) is 0 Å². The third-order valence-corrected chi connectivity index (χ3v) is 8.81. The third-order valence-electron chi connectivity index (χ3n) is 6.88. The monoisotopic (exact) mass is 855 g/mol. The van der Waals surface area contributed by atoms with E-state index in [9.17, 15) is 35.5 Å². The Morgan fingerprint density at radius 2 is 1.09 bits per heavy atom. The van der Waals surface area contributed by atoms with Crippen LogP contribution in [0.5, 0.6) is 0 Å². The van der Waals surface area contributed by atoms with Gasteiger partial charge in [0.2, 0.25) is 17.2 Å². The van der Waals surface area contributed by atoms with Crippen molar-refractivity contribution in [2.24, 2.45) is 0 Å². The van der Waals surface area contributed by atoms with Crippen LogP contribution in [0.15, 0.2) is 88.7 Å². The molecule has 0 spiro atoms. The standard InChI is InChI=1S/C29H20ClN7O8S2.CH4O3S.3Na/c30-27-35-28(33-14-6-2-1-3-7-14)37-29(36-27)34-18-11-10-15(12-20(18)46(40,41)42)32-19-13-21(47(43,44)45)24(31)23-22(19)25(38)16-8-4-5-9-17(16)26(23)39;1-5(2,3)4;;;/h1-13,32H,31H2,(H,40,41,42)(H,43,44,45)(H2,33,34,35,36,37);1H3,(H,2,3,4);;;/q;;3*+1/p-3. The van der Waals surface area contributed by atoms with Crippen LogP contribution in [0.4, 0.5) is 40.3 Å². The number of hydrogen-bond acceptors (Lipinski definition) is 18. The van der Waals surface area contributed by atoms with E-state index in [0.29, 0.717) is 11.9 Å². The smallest absolute Gasteiger partial charge is 0.748 e. The Hall–Kier alpha value is -2.55. The number of carbonyl (C=O) groups excluding carboxylic acids is 2. The Balaban J connectivity index is 0.00000123. The molecule has 0 atom stereocenters. The van der Waals surface area contributed by atoms with Crippen LogP contribution >= 0.6 is 11.6 Å². The number of aromatic nitrogens is 3. The average molecular weight is 856 g/mol. The Morgan fingerprint density at radius 3 is 1.62 bits per heavy atom. The Bertz CT molecular complexity index is 2620. The summed E-state index contributed by atoms with van der Waals surface area (Å²) in [6.45, 7) is 0. The Kier molecular flexibility index (Phi) is 17.0. The van der Waals surface area contributed by atoms with E-state index in [1.807, 2.05) is 0 Å². The molecule has 1 aliphatic carbocycles. The van der Waals surface area contributed by atoms with Gasteiger partial charge in [0.15, 0.2) is 11.6 Å². The first-order chi connectivity index (χ1) is 24.2. The number of nitrogen functional groups attached to an aromatic ring is 1. The van der Waals surface area contributed by atoms with Crippen molar-refractivity contribution in [1.82, 2.24) is 15.0 Å². The number of para-hydroxylation sites is 1.